The first-order valence-corrected chi connectivity index (χ1v) is 6.68. The highest BCUT2D eigenvalue weighted by Gasteiger charge is 2.05. The Bertz CT molecular complexity index is 527. The largest absolute Gasteiger partial charge is 0.306 e. The summed E-state index contributed by atoms with van der Waals surface area (Å²) < 4.78 is 14.2. The molecule has 0 saturated carbocycles. The second-order valence-electron chi connectivity index (χ2n) is 4.29. The van der Waals surface area contributed by atoms with Crippen LogP contribution < -0.4 is 5.32 Å². The predicted octanol–water partition coefficient (Wildman–Crippen LogP) is 4.44. The molecule has 18 heavy (non-hydrogen) atoms. The lowest BCUT2D eigenvalue weighted by Gasteiger charge is -2.14. The van der Waals surface area contributed by atoms with Gasteiger partial charge in [-0.3, -0.25) is 0 Å². The summed E-state index contributed by atoms with van der Waals surface area (Å²) in [6.45, 7) is 2.80. The molecule has 0 aromatic heterocycles. The highest BCUT2D eigenvalue weighted by molar-refractivity contribution is 9.10. The highest BCUT2D eigenvalue weighted by atomic mass is 79.9. The van der Waals surface area contributed by atoms with Crippen LogP contribution >= 0.6 is 15.9 Å². The molecule has 0 aliphatic rings. The minimum atomic E-state index is -0.191. The molecule has 0 aliphatic carbocycles. The molecule has 2 aromatic rings. The van der Waals surface area contributed by atoms with Crippen LogP contribution in [-0.4, -0.2) is 0 Å². The van der Waals surface area contributed by atoms with Crippen molar-refractivity contribution in [1.29, 1.82) is 0 Å². The third-order valence-corrected chi connectivity index (χ3v) is 3.34. The van der Waals surface area contributed by atoms with Gasteiger partial charge in [-0.05, 0) is 42.3 Å². The maximum absolute atomic E-state index is 13.1. The molecule has 0 aliphatic heterocycles. The molecule has 2 aromatic carbocycles. The zero-order valence-electron chi connectivity index (χ0n) is 10.2. The van der Waals surface area contributed by atoms with E-state index in [1.165, 1.54) is 11.6 Å². The van der Waals surface area contributed by atoms with Gasteiger partial charge in [0.05, 0.1) is 0 Å². The van der Waals surface area contributed by atoms with E-state index in [1.54, 1.807) is 12.1 Å². The van der Waals surface area contributed by atoms with Crippen molar-refractivity contribution >= 4 is 15.9 Å². The van der Waals surface area contributed by atoms with Gasteiger partial charge in [0.15, 0.2) is 0 Å². The van der Waals surface area contributed by atoms with Crippen LogP contribution in [0.25, 0.3) is 0 Å². The van der Waals surface area contributed by atoms with Crippen LogP contribution in [0.1, 0.15) is 24.1 Å². The van der Waals surface area contributed by atoms with Gasteiger partial charge in [-0.2, -0.15) is 0 Å². The molecule has 2 rings (SSSR count). The molecule has 0 spiro atoms. The molecule has 0 fully saturated rings. The van der Waals surface area contributed by atoms with Crippen LogP contribution in [0.2, 0.25) is 0 Å². The Morgan fingerprint density at radius 1 is 1.17 bits per heavy atom. The standard InChI is InChI=1S/C15H15BrFN/c1-11(13-5-3-7-15(17)9-13)18-10-12-4-2-6-14(16)8-12/h2-9,11,18H,10H2,1H3/t11-/m1/s1. The van der Waals surface area contributed by atoms with Crippen LogP contribution in [0.3, 0.4) is 0 Å². The lowest BCUT2D eigenvalue weighted by Crippen LogP contribution is -2.18. The summed E-state index contributed by atoms with van der Waals surface area (Å²) in [5.41, 5.74) is 2.16. The Balaban J connectivity index is 1.98. The topological polar surface area (TPSA) is 12.0 Å². The summed E-state index contributed by atoms with van der Waals surface area (Å²) in [5.74, 6) is -0.191. The lowest BCUT2D eigenvalue weighted by molar-refractivity contribution is 0.565. The van der Waals surface area contributed by atoms with Crippen LogP contribution in [0.4, 0.5) is 4.39 Å². The molecular formula is C15H15BrFN. The zero-order chi connectivity index (χ0) is 13.0. The summed E-state index contributed by atoms with van der Waals surface area (Å²) in [6, 6.07) is 15.0. The molecule has 0 amide bonds. The monoisotopic (exact) mass is 307 g/mol. The van der Waals surface area contributed by atoms with E-state index in [0.717, 1.165) is 16.6 Å². The van der Waals surface area contributed by atoms with Crippen molar-refractivity contribution in [3.8, 4) is 0 Å². The first kappa shape index (κ1) is 13.2. The fourth-order valence-corrected chi connectivity index (χ4v) is 2.26. The van der Waals surface area contributed by atoms with Gasteiger partial charge in [0.1, 0.15) is 5.82 Å². The van der Waals surface area contributed by atoms with Gasteiger partial charge in [-0.1, -0.05) is 40.2 Å². The number of hydrogen-bond acceptors (Lipinski definition) is 1. The second kappa shape index (κ2) is 6.12. The van der Waals surface area contributed by atoms with Crippen molar-refractivity contribution in [3.05, 3.63) is 69.9 Å². The average Bonchev–Trinajstić information content (AvgIpc) is 2.36. The fourth-order valence-electron chi connectivity index (χ4n) is 1.81. The van der Waals surface area contributed by atoms with E-state index in [1.807, 2.05) is 25.1 Å². The Morgan fingerprint density at radius 2 is 1.94 bits per heavy atom. The predicted molar refractivity (Wildman–Crippen MR) is 75.8 cm³/mol. The molecule has 0 heterocycles. The number of rotatable bonds is 4. The molecule has 0 unspecified atom stereocenters. The quantitative estimate of drug-likeness (QED) is 0.880. The minimum Gasteiger partial charge on any atom is -0.306 e. The highest BCUT2D eigenvalue weighted by Crippen LogP contribution is 2.16. The Hall–Kier alpha value is -1.19. The van der Waals surface area contributed by atoms with Gasteiger partial charge >= 0.3 is 0 Å². The van der Waals surface area contributed by atoms with E-state index in [2.05, 4.69) is 33.4 Å². The molecule has 94 valence electrons. The van der Waals surface area contributed by atoms with E-state index in [0.29, 0.717) is 0 Å². The van der Waals surface area contributed by atoms with Crippen molar-refractivity contribution in [2.45, 2.75) is 19.5 Å². The normalized spacial score (nSPS) is 12.4. The molecular weight excluding hydrogens is 293 g/mol. The van der Waals surface area contributed by atoms with Gasteiger partial charge in [0, 0.05) is 17.1 Å². The van der Waals surface area contributed by atoms with Crippen molar-refractivity contribution in [3.63, 3.8) is 0 Å². The molecule has 0 radical (unpaired) electrons. The molecule has 1 N–H and O–H groups in total. The SMILES string of the molecule is C[C@@H](NCc1cccc(Br)c1)c1cccc(F)c1. The van der Waals surface area contributed by atoms with Crippen molar-refractivity contribution in [2.24, 2.45) is 0 Å². The number of nitrogens with one attached hydrogen (secondary N) is 1. The Kier molecular flexibility index (Phi) is 4.50. The molecule has 0 bridgehead atoms. The van der Waals surface area contributed by atoms with Gasteiger partial charge in [-0.25, -0.2) is 4.39 Å². The number of benzene rings is 2. The van der Waals surface area contributed by atoms with Gasteiger partial charge in [0.2, 0.25) is 0 Å². The third kappa shape index (κ3) is 3.65. The van der Waals surface area contributed by atoms with Gasteiger partial charge in [0.25, 0.3) is 0 Å². The van der Waals surface area contributed by atoms with E-state index < -0.39 is 0 Å². The summed E-state index contributed by atoms with van der Waals surface area (Å²) in [7, 11) is 0. The third-order valence-electron chi connectivity index (χ3n) is 2.85. The smallest absolute Gasteiger partial charge is 0.123 e. The first-order chi connectivity index (χ1) is 8.65. The maximum atomic E-state index is 13.1. The molecule has 1 atom stereocenters. The summed E-state index contributed by atoms with van der Waals surface area (Å²) >= 11 is 3.45. The summed E-state index contributed by atoms with van der Waals surface area (Å²) in [5, 5.41) is 3.38. The van der Waals surface area contributed by atoms with Crippen LogP contribution in [0.15, 0.2) is 53.0 Å². The average molecular weight is 308 g/mol. The van der Waals surface area contributed by atoms with Gasteiger partial charge in [-0.15, -0.1) is 0 Å². The van der Waals surface area contributed by atoms with E-state index >= 15 is 0 Å². The maximum Gasteiger partial charge on any atom is 0.123 e. The van der Waals surface area contributed by atoms with E-state index in [4.69, 9.17) is 0 Å². The summed E-state index contributed by atoms with van der Waals surface area (Å²) in [4.78, 5) is 0. The first-order valence-electron chi connectivity index (χ1n) is 5.88. The number of hydrogen-bond donors (Lipinski definition) is 1. The van der Waals surface area contributed by atoms with E-state index in [-0.39, 0.29) is 11.9 Å². The van der Waals surface area contributed by atoms with E-state index in [9.17, 15) is 4.39 Å². The Labute approximate surface area is 115 Å². The van der Waals surface area contributed by atoms with Crippen molar-refractivity contribution in [2.75, 3.05) is 0 Å². The second-order valence-corrected chi connectivity index (χ2v) is 5.20. The Morgan fingerprint density at radius 3 is 2.67 bits per heavy atom. The minimum absolute atomic E-state index is 0.125. The van der Waals surface area contributed by atoms with Crippen LogP contribution in [0.5, 0.6) is 0 Å². The van der Waals surface area contributed by atoms with Crippen LogP contribution in [0, 0.1) is 5.82 Å². The summed E-state index contributed by atoms with van der Waals surface area (Å²) in [6.07, 6.45) is 0. The van der Waals surface area contributed by atoms with Crippen LogP contribution in [-0.2, 0) is 6.54 Å². The van der Waals surface area contributed by atoms with Crippen molar-refractivity contribution in [1.82, 2.24) is 5.32 Å². The molecule has 0 saturated heterocycles. The zero-order valence-corrected chi connectivity index (χ0v) is 11.7. The molecule has 3 heteroatoms. The fraction of sp³-hybridized carbons (Fsp3) is 0.200. The lowest BCUT2D eigenvalue weighted by atomic mass is 10.1. The number of halogens is 2. The van der Waals surface area contributed by atoms with Crippen molar-refractivity contribution < 1.29 is 4.39 Å². The molecule has 1 nitrogen and oxygen atoms in total. The van der Waals surface area contributed by atoms with Gasteiger partial charge < -0.3 is 5.32 Å².